The Kier molecular flexibility index (Phi) is 3.81. The van der Waals surface area contributed by atoms with Crippen molar-refractivity contribution in [1.29, 1.82) is 0 Å². The molecule has 7 heteroatoms. The zero-order valence-electron chi connectivity index (χ0n) is 14.3. The number of piperidine rings is 1. The Bertz CT molecular complexity index is 975. The van der Waals surface area contributed by atoms with Crippen LogP contribution in [0.1, 0.15) is 29.7 Å². The van der Waals surface area contributed by atoms with Crippen LogP contribution < -0.4 is 10.6 Å². The summed E-state index contributed by atoms with van der Waals surface area (Å²) in [6.07, 6.45) is 8.38. The van der Waals surface area contributed by atoms with Crippen LogP contribution in [0, 0.1) is 0 Å². The normalized spacial score (nSPS) is 19.4. The Labute approximate surface area is 155 Å². The van der Waals surface area contributed by atoms with Gasteiger partial charge in [0.05, 0.1) is 5.39 Å². The van der Waals surface area contributed by atoms with Crippen LogP contribution in [0.15, 0.2) is 24.5 Å². The predicted octanol–water partition coefficient (Wildman–Crippen LogP) is 2.93. The minimum atomic E-state index is 0.128. The number of thiophene rings is 1. The van der Waals surface area contributed by atoms with Gasteiger partial charge in [-0.2, -0.15) is 0 Å². The molecule has 1 aliphatic heterocycles. The van der Waals surface area contributed by atoms with Crippen LogP contribution in [0.2, 0.25) is 0 Å². The highest BCUT2D eigenvalue weighted by atomic mass is 32.1. The molecular formula is C19H19N5OS. The molecule has 132 valence electrons. The van der Waals surface area contributed by atoms with E-state index in [2.05, 4.69) is 15.6 Å². The molecule has 6 nitrogen and oxygen atoms in total. The maximum atomic E-state index is 11.5. The number of amides is 1. The molecule has 0 bridgehead atoms. The van der Waals surface area contributed by atoms with Crippen LogP contribution in [0.3, 0.4) is 0 Å². The fourth-order valence-corrected chi connectivity index (χ4v) is 5.03. The highest BCUT2D eigenvalue weighted by molar-refractivity contribution is 7.19. The number of carbonyl (C=O) groups is 1. The molecule has 0 aromatic carbocycles. The van der Waals surface area contributed by atoms with E-state index in [4.69, 9.17) is 9.97 Å². The summed E-state index contributed by atoms with van der Waals surface area (Å²) in [5.41, 5.74) is 2.33. The predicted molar refractivity (Wildman–Crippen MR) is 102 cm³/mol. The lowest BCUT2D eigenvalue weighted by Gasteiger charge is -2.24. The van der Waals surface area contributed by atoms with Gasteiger partial charge in [-0.3, -0.25) is 9.78 Å². The summed E-state index contributed by atoms with van der Waals surface area (Å²) in [5, 5.41) is 7.70. The molecule has 1 atom stereocenters. The second-order valence-electron chi connectivity index (χ2n) is 6.86. The van der Waals surface area contributed by atoms with Crippen molar-refractivity contribution >= 4 is 33.3 Å². The van der Waals surface area contributed by atoms with Gasteiger partial charge in [-0.15, -0.1) is 11.3 Å². The molecule has 1 unspecified atom stereocenters. The fraction of sp³-hybridized carbons (Fsp3) is 0.368. The maximum Gasteiger partial charge on any atom is 0.220 e. The molecule has 2 N–H and O–H groups in total. The van der Waals surface area contributed by atoms with Gasteiger partial charge in [0.15, 0.2) is 5.82 Å². The molecule has 3 aromatic rings. The summed E-state index contributed by atoms with van der Waals surface area (Å²) in [6, 6.07) is 4.09. The van der Waals surface area contributed by atoms with Crippen molar-refractivity contribution in [2.45, 2.75) is 38.1 Å². The lowest BCUT2D eigenvalue weighted by Crippen LogP contribution is -2.42. The van der Waals surface area contributed by atoms with Gasteiger partial charge in [-0.1, -0.05) is 0 Å². The Morgan fingerprint density at radius 3 is 3.00 bits per heavy atom. The Morgan fingerprint density at radius 2 is 2.19 bits per heavy atom. The monoisotopic (exact) mass is 365 g/mol. The highest BCUT2D eigenvalue weighted by Gasteiger charge is 2.25. The molecule has 4 heterocycles. The number of aryl methyl sites for hydroxylation is 2. The smallest absolute Gasteiger partial charge is 0.220 e. The van der Waals surface area contributed by atoms with Crippen LogP contribution in [-0.2, 0) is 17.6 Å². The number of hydrogen-bond donors (Lipinski definition) is 2. The van der Waals surface area contributed by atoms with E-state index in [9.17, 15) is 4.79 Å². The Balaban J connectivity index is 1.60. The SMILES string of the molecule is O=C1CCC(Nc2nc(-c3cccnc3)nc3sc4c(c23)CCC4)CN1. The molecule has 1 aliphatic carbocycles. The zero-order valence-corrected chi connectivity index (χ0v) is 15.1. The molecule has 1 saturated heterocycles. The van der Waals surface area contributed by atoms with E-state index in [1.54, 1.807) is 23.7 Å². The molecule has 0 radical (unpaired) electrons. The summed E-state index contributed by atoms with van der Waals surface area (Å²) in [7, 11) is 0. The van der Waals surface area contributed by atoms with Crippen molar-refractivity contribution in [2.75, 3.05) is 11.9 Å². The molecule has 3 aromatic heterocycles. The standard InChI is InChI=1S/C19H19N5OS/c25-15-7-6-12(10-21-15)22-18-16-13-4-1-5-14(13)26-19(16)24-17(23-18)11-3-2-8-20-9-11/h2-3,8-9,12H,1,4-7,10H2,(H,21,25)(H,22,23,24). The van der Waals surface area contributed by atoms with Crippen LogP contribution in [0.4, 0.5) is 5.82 Å². The summed E-state index contributed by atoms with van der Waals surface area (Å²) in [5.74, 6) is 1.73. The van der Waals surface area contributed by atoms with Gasteiger partial charge in [0, 0.05) is 41.8 Å². The quantitative estimate of drug-likeness (QED) is 0.746. The molecular weight excluding hydrogens is 346 g/mol. The Morgan fingerprint density at radius 1 is 1.23 bits per heavy atom. The molecule has 1 amide bonds. The fourth-order valence-electron chi connectivity index (χ4n) is 3.77. The highest BCUT2D eigenvalue weighted by Crippen LogP contribution is 2.40. The summed E-state index contributed by atoms with van der Waals surface area (Å²) < 4.78 is 0. The van der Waals surface area contributed by atoms with Gasteiger partial charge in [0.2, 0.25) is 5.91 Å². The summed E-state index contributed by atoms with van der Waals surface area (Å²) in [4.78, 5) is 27.8. The van der Waals surface area contributed by atoms with E-state index < -0.39 is 0 Å². The average molecular weight is 365 g/mol. The first-order valence-electron chi connectivity index (χ1n) is 9.04. The van der Waals surface area contributed by atoms with Crippen LogP contribution in [0.25, 0.3) is 21.6 Å². The number of pyridine rings is 1. The van der Waals surface area contributed by atoms with Gasteiger partial charge in [-0.05, 0) is 43.4 Å². The number of carbonyl (C=O) groups excluding carboxylic acids is 1. The summed E-state index contributed by atoms with van der Waals surface area (Å²) in [6.45, 7) is 0.638. The lowest BCUT2D eigenvalue weighted by atomic mass is 10.1. The number of nitrogens with zero attached hydrogens (tertiary/aromatic N) is 3. The third kappa shape index (κ3) is 2.72. The minimum Gasteiger partial charge on any atom is -0.365 e. The molecule has 26 heavy (non-hydrogen) atoms. The second kappa shape index (κ2) is 6.32. The minimum absolute atomic E-state index is 0.128. The van der Waals surface area contributed by atoms with Crippen molar-refractivity contribution < 1.29 is 4.79 Å². The van der Waals surface area contributed by atoms with Gasteiger partial charge < -0.3 is 10.6 Å². The molecule has 0 spiro atoms. The molecule has 0 saturated carbocycles. The number of rotatable bonds is 3. The van der Waals surface area contributed by atoms with E-state index in [1.165, 1.54) is 22.2 Å². The van der Waals surface area contributed by atoms with Gasteiger partial charge >= 0.3 is 0 Å². The van der Waals surface area contributed by atoms with E-state index in [-0.39, 0.29) is 11.9 Å². The van der Waals surface area contributed by atoms with Crippen molar-refractivity contribution in [3.05, 3.63) is 35.0 Å². The van der Waals surface area contributed by atoms with Gasteiger partial charge in [-0.25, -0.2) is 9.97 Å². The van der Waals surface area contributed by atoms with Crippen LogP contribution in [0.5, 0.6) is 0 Å². The molecule has 2 aliphatic rings. The first-order chi connectivity index (χ1) is 12.8. The van der Waals surface area contributed by atoms with Crippen molar-refractivity contribution in [2.24, 2.45) is 0 Å². The largest absolute Gasteiger partial charge is 0.365 e. The maximum absolute atomic E-state index is 11.5. The van der Waals surface area contributed by atoms with E-state index in [0.29, 0.717) is 18.8 Å². The number of aromatic nitrogens is 3. The number of hydrogen-bond acceptors (Lipinski definition) is 6. The Hall–Kier alpha value is -2.54. The second-order valence-corrected chi connectivity index (χ2v) is 7.94. The van der Waals surface area contributed by atoms with Crippen LogP contribution >= 0.6 is 11.3 Å². The molecule has 1 fully saturated rings. The molecule has 5 rings (SSSR count). The first kappa shape index (κ1) is 15.7. The topological polar surface area (TPSA) is 79.8 Å². The van der Waals surface area contributed by atoms with E-state index in [1.807, 2.05) is 12.1 Å². The number of anilines is 1. The number of nitrogens with one attached hydrogen (secondary N) is 2. The first-order valence-corrected chi connectivity index (χ1v) is 9.85. The average Bonchev–Trinajstić information content (AvgIpc) is 3.25. The van der Waals surface area contributed by atoms with E-state index >= 15 is 0 Å². The number of fused-ring (bicyclic) bond motifs is 3. The third-order valence-corrected chi connectivity index (χ3v) is 6.28. The van der Waals surface area contributed by atoms with Crippen molar-refractivity contribution in [1.82, 2.24) is 20.3 Å². The van der Waals surface area contributed by atoms with Crippen molar-refractivity contribution in [3.63, 3.8) is 0 Å². The zero-order chi connectivity index (χ0) is 17.5. The van der Waals surface area contributed by atoms with E-state index in [0.717, 1.165) is 35.5 Å². The lowest BCUT2D eigenvalue weighted by molar-refractivity contribution is -0.122. The summed E-state index contributed by atoms with van der Waals surface area (Å²) >= 11 is 1.79. The third-order valence-electron chi connectivity index (χ3n) is 5.09. The van der Waals surface area contributed by atoms with Crippen molar-refractivity contribution in [3.8, 4) is 11.4 Å². The van der Waals surface area contributed by atoms with Crippen LogP contribution in [-0.4, -0.2) is 33.4 Å². The van der Waals surface area contributed by atoms with Gasteiger partial charge in [0.1, 0.15) is 10.6 Å². The van der Waals surface area contributed by atoms with Gasteiger partial charge in [0.25, 0.3) is 0 Å².